The van der Waals surface area contributed by atoms with Crippen molar-refractivity contribution in [2.45, 2.75) is 12.3 Å². The van der Waals surface area contributed by atoms with E-state index < -0.39 is 0 Å². The average molecular weight is 367 g/mol. The summed E-state index contributed by atoms with van der Waals surface area (Å²) in [4.78, 5) is 30.8. The van der Waals surface area contributed by atoms with E-state index in [1.165, 1.54) is 17.0 Å². The zero-order chi connectivity index (χ0) is 18.8. The zero-order valence-electron chi connectivity index (χ0n) is 15.1. The molecule has 2 aliphatic rings. The number of carbonyl (C=O) groups excluding carboxylic acids is 2. The molecule has 2 saturated heterocycles. The Morgan fingerprint density at radius 3 is 2.22 bits per heavy atom. The van der Waals surface area contributed by atoms with Crippen molar-refractivity contribution in [2.75, 3.05) is 37.7 Å². The smallest absolute Gasteiger partial charge is 0.238 e. The van der Waals surface area contributed by atoms with Crippen LogP contribution in [0.5, 0.6) is 0 Å². The summed E-state index contributed by atoms with van der Waals surface area (Å²) < 4.78 is 13.1. The number of imide groups is 1. The van der Waals surface area contributed by atoms with E-state index in [-0.39, 0.29) is 30.0 Å². The summed E-state index contributed by atoms with van der Waals surface area (Å²) in [6, 6.07) is 16.0. The van der Waals surface area contributed by atoms with Gasteiger partial charge in [0.25, 0.3) is 0 Å². The molecule has 2 aromatic carbocycles. The van der Waals surface area contributed by atoms with Gasteiger partial charge < -0.3 is 4.90 Å². The van der Waals surface area contributed by atoms with Crippen LogP contribution in [0.1, 0.15) is 17.9 Å². The molecule has 2 heterocycles. The zero-order valence-corrected chi connectivity index (χ0v) is 15.1. The number of carbonyl (C=O) groups is 2. The summed E-state index contributed by atoms with van der Waals surface area (Å²) >= 11 is 0. The molecular formula is C21H22FN3O2. The third kappa shape index (κ3) is 3.71. The van der Waals surface area contributed by atoms with Gasteiger partial charge in [-0.15, -0.1) is 0 Å². The predicted molar refractivity (Wildman–Crippen MR) is 101 cm³/mol. The van der Waals surface area contributed by atoms with Crippen molar-refractivity contribution in [1.82, 2.24) is 9.80 Å². The first-order valence-corrected chi connectivity index (χ1v) is 9.24. The molecule has 5 nitrogen and oxygen atoms in total. The summed E-state index contributed by atoms with van der Waals surface area (Å²) in [6.45, 7) is 3.42. The summed E-state index contributed by atoms with van der Waals surface area (Å²) in [6.07, 6.45) is 0.248. The van der Waals surface area contributed by atoms with Crippen LogP contribution in [0, 0.1) is 5.82 Å². The van der Waals surface area contributed by atoms with Gasteiger partial charge in [0.15, 0.2) is 0 Å². The highest BCUT2D eigenvalue weighted by atomic mass is 19.1. The molecule has 2 amide bonds. The van der Waals surface area contributed by atoms with E-state index in [0.29, 0.717) is 6.67 Å². The van der Waals surface area contributed by atoms with Gasteiger partial charge in [-0.3, -0.25) is 19.4 Å². The van der Waals surface area contributed by atoms with Crippen molar-refractivity contribution < 1.29 is 14.0 Å². The first kappa shape index (κ1) is 17.7. The molecule has 0 spiro atoms. The predicted octanol–water partition coefficient (Wildman–Crippen LogP) is 2.45. The number of hydrogen-bond donors (Lipinski definition) is 0. The highest BCUT2D eigenvalue weighted by Crippen LogP contribution is 2.29. The van der Waals surface area contributed by atoms with Crippen LogP contribution in [0.3, 0.4) is 0 Å². The van der Waals surface area contributed by atoms with Gasteiger partial charge in [0, 0.05) is 38.3 Å². The molecule has 2 aliphatic heterocycles. The molecule has 2 aromatic rings. The lowest BCUT2D eigenvalue weighted by Gasteiger charge is -2.37. The van der Waals surface area contributed by atoms with Crippen molar-refractivity contribution in [3.8, 4) is 0 Å². The van der Waals surface area contributed by atoms with Gasteiger partial charge in [-0.2, -0.15) is 0 Å². The van der Waals surface area contributed by atoms with E-state index in [0.717, 1.165) is 37.4 Å². The monoisotopic (exact) mass is 367 g/mol. The number of rotatable bonds is 4. The Bertz CT molecular complexity index is 817. The van der Waals surface area contributed by atoms with Crippen LogP contribution in [-0.2, 0) is 9.59 Å². The Labute approximate surface area is 158 Å². The van der Waals surface area contributed by atoms with E-state index in [9.17, 15) is 14.0 Å². The maximum atomic E-state index is 13.1. The van der Waals surface area contributed by atoms with Gasteiger partial charge in [-0.05, 0) is 29.8 Å². The fraction of sp³-hybridized carbons (Fsp3) is 0.333. The van der Waals surface area contributed by atoms with Crippen LogP contribution in [0.2, 0.25) is 0 Å². The molecular weight excluding hydrogens is 345 g/mol. The number of hydrogen-bond acceptors (Lipinski definition) is 4. The maximum Gasteiger partial charge on any atom is 0.238 e. The number of benzene rings is 2. The Morgan fingerprint density at radius 1 is 0.889 bits per heavy atom. The highest BCUT2D eigenvalue weighted by molar-refractivity contribution is 6.06. The Hall–Kier alpha value is -2.73. The molecule has 0 bridgehead atoms. The molecule has 140 valence electrons. The van der Waals surface area contributed by atoms with Crippen LogP contribution in [0.25, 0.3) is 0 Å². The third-order valence-corrected chi connectivity index (χ3v) is 5.35. The highest BCUT2D eigenvalue weighted by Gasteiger charge is 2.40. The van der Waals surface area contributed by atoms with Crippen molar-refractivity contribution in [2.24, 2.45) is 0 Å². The van der Waals surface area contributed by atoms with Crippen molar-refractivity contribution in [3.05, 3.63) is 66.0 Å². The van der Waals surface area contributed by atoms with Gasteiger partial charge in [0.05, 0.1) is 12.6 Å². The van der Waals surface area contributed by atoms with Gasteiger partial charge in [0.1, 0.15) is 5.82 Å². The van der Waals surface area contributed by atoms with E-state index in [1.54, 1.807) is 12.1 Å². The van der Waals surface area contributed by atoms with Gasteiger partial charge in [-0.1, -0.05) is 30.3 Å². The molecule has 4 rings (SSSR count). The van der Waals surface area contributed by atoms with Crippen LogP contribution >= 0.6 is 0 Å². The molecule has 2 fully saturated rings. The summed E-state index contributed by atoms with van der Waals surface area (Å²) in [5.41, 5.74) is 1.90. The molecule has 0 aromatic heterocycles. The molecule has 0 saturated carbocycles. The number of amides is 2. The lowest BCUT2D eigenvalue weighted by atomic mass is 9.98. The first-order valence-electron chi connectivity index (χ1n) is 9.24. The second kappa shape index (κ2) is 7.48. The van der Waals surface area contributed by atoms with Gasteiger partial charge >= 0.3 is 0 Å². The second-order valence-corrected chi connectivity index (χ2v) is 7.05. The largest absolute Gasteiger partial charge is 0.369 e. The number of halogens is 1. The van der Waals surface area contributed by atoms with E-state index in [4.69, 9.17) is 0 Å². The molecule has 1 atom stereocenters. The molecule has 27 heavy (non-hydrogen) atoms. The summed E-state index contributed by atoms with van der Waals surface area (Å²) in [5.74, 6) is -0.808. The van der Waals surface area contributed by atoms with Crippen molar-refractivity contribution in [1.29, 1.82) is 0 Å². The lowest BCUT2D eigenvalue weighted by molar-refractivity contribution is -0.141. The van der Waals surface area contributed by atoms with Crippen LogP contribution in [0.15, 0.2) is 54.6 Å². The summed E-state index contributed by atoms with van der Waals surface area (Å²) in [7, 11) is 0. The quantitative estimate of drug-likeness (QED) is 0.779. The minimum absolute atomic E-state index is 0.102. The van der Waals surface area contributed by atoms with Crippen molar-refractivity contribution >= 4 is 17.5 Å². The second-order valence-electron chi connectivity index (χ2n) is 7.05. The van der Waals surface area contributed by atoms with Crippen LogP contribution in [-0.4, -0.2) is 54.5 Å². The SMILES string of the molecule is O=C1C[C@H](c2ccccc2)C(=O)N1CN1CCN(c2ccc(F)cc2)CC1. The minimum atomic E-state index is -0.362. The average Bonchev–Trinajstić information content (AvgIpc) is 2.98. The first-order chi connectivity index (χ1) is 13.1. The Balaban J connectivity index is 1.35. The minimum Gasteiger partial charge on any atom is -0.369 e. The lowest BCUT2D eigenvalue weighted by Crippen LogP contribution is -2.51. The maximum absolute atomic E-state index is 13.1. The summed E-state index contributed by atoms with van der Waals surface area (Å²) in [5, 5.41) is 0. The molecule has 0 N–H and O–H groups in total. The Kier molecular flexibility index (Phi) is 4.90. The standard InChI is InChI=1S/C21H22FN3O2/c22-17-6-8-18(9-7-17)24-12-10-23(11-13-24)15-25-20(26)14-19(21(25)27)16-4-2-1-3-5-16/h1-9,19H,10-15H2/t19-/m1/s1. The number of piperazine rings is 1. The molecule has 6 heteroatoms. The number of nitrogens with zero attached hydrogens (tertiary/aromatic N) is 3. The molecule has 0 radical (unpaired) electrons. The molecule has 0 unspecified atom stereocenters. The van der Waals surface area contributed by atoms with Gasteiger partial charge in [-0.25, -0.2) is 4.39 Å². The number of likely N-dealkylation sites (tertiary alicyclic amines) is 1. The third-order valence-electron chi connectivity index (χ3n) is 5.35. The van der Waals surface area contributed by atoms with E-state index >= 15 is 0 Å². The Morgan fingerprint density at radius 2 is 1.56 bits per heavy atom. The topological polar surface area (TPSA) is 43.9 Å². The van der Waals surface area contributed by atoms with E-state index in [2.05, 4.69) is 9.80 Å². The fourth-order valence-corrected chi connectivity index (χ4v) is 3.78. The van der Waals surface area contributed by atoms with Crippen molar-refractivity contribution in [3.63, 3.8) is 0 Å². The number of anilines is 1. The fourth-order valence-electron chi connectivity index (χ4n) is 3.78. The van der Waals surface area contributed by atoms with Crippen LogP contribution in [0.4, 0.5) is 10.1 Å². The van der Waals surface area contributed by atoms with Crippen LogP contribution < -0.4 is 4.90 Å². The molecule has 0 aliphatic carbocycles. The normalized spacial score (nSPS) is 21.1. The van der Waals surface area contributed by atoms with Gasteiger partial charge in [0.2, 0.25) is 11.8 Å². The van der Waals surface area contributed by atoms with E-state index in [1.807, 2.05) is 30.3 Å².